The fraction of sp³-hybridized carbons (Fsp3) is 0.469. The average molecular weight is 583 g/mol. The summed E-state index contributed by atoms with van der Waals surface area (Å²) in [7, 11) is 0. The summed E-state index contributed by atoms with van der Waals surface area (Å²) in [5.41, 5.74) is 8.65. The van der Waals surface area contributed by atoms with Crippen LogP contribution in [0.4, 0.5) is 5.95 Å². The number of rotatable bonds is 11. The highest BCUT2D eigenvalue weighted by Crippen LogP contribution is 2.64. The zero-order chi connectivity index (χ0) is 29.6. The van der Waals surface area contributed by atoms with Crippen molar-refractivity contribution in [2.75, 3.05) is 11.9 Å². The molecule has 0 radical (unpaired) electrons. The Bertz CT molecular complexity index is 1590. The molecule has 4 fully saturated rings. The number of benzene rings is 2. The highest BCUT2D eigenvalue weighted by atomic mass is 16.3. The molecule has 11 nitrogen and oxygen atoms in total. The molecule has 4 aliphatic carbocycles. The van der Waals surface area contributed by atoms with Crippen molar-refractivity contribution in [1.29, 1.82) is 0 Å². The van der Waals surface area contributed by atoms with E-state index in [1.54, 1.807) is 12.1 Å². The molecule has 2 amide bonds. The molecule has 43 heavy (non-hydrogen) atoms. The Hall–Kier alpha value is -4.41. The Balaban J connectivity index is 1.21. The van der Waals surface area contributed by atoms with E-state index in [0.29, 0.717) is 37.2 Å². The van der Waals surface area contributed by atoms with Crippen LogP contribution in [0.5, 0.6) is 5.75 Å². The largest absolute Gasteiger partial charge is 0.508 e. The molecule has 2 aromatic heterocycles. The van der Waals surface area contributed by atoms with Crippen LogP contribution in [0.15, 0.2) is 54.7 Å². The van der Waals surface area contributed by atoms with E-state index in [1.165, 1.54) is 6.42 Å². The van der Waals surface area contributed by atoms with Crippen LogP contribution in [0.2, 0.25) is 0 Å². The Morgan fingerprint density at radius 3 is 2.53 bits per heavy atom. The smallest absolute Gasteiger partial charge is 0.263 e. The van der Waals surface area contributed by atoms with E-state index in [2.05, 4.69) is 42.3 Å². The van der Waals surface area contributed by atoms with Crippen LogP contribution in [-0.4, -0.2) is 55.1 Å². The first kappa shape index (κ1) is 27.4. The molecule has 224 valence electrons. The van der Waals surface area contributed by atoms with Crippen molar-refractivity contribution in [2.24, 2.45) is 40.7 Å². The number of aromatic nitrogens is 5. The van der Waals surface area contributed by atoms with Crippen molar-refractivity contribution in [1.82, 2.24) is 30.9 Å². The van der Waals surface area contributed by atoms with Crippen LogP contribution in [0, 0.1) is 35.0 Å². The summed E-state index contributed by atoms with van der Waals surface area (Å²) in [5.74, 6) is 0.922. The van der Waals surface area contributed by atoms with Crippen molar-refractivity contribution in [3.05, 3.63) is 65.9 Å². The van der Waals surface area contributed by atoms with Crippen molar-refractivity contribution >= 4 is 28.7 Å². The second-order valence-corrected chi connectivity index (χ2v) is 13.0. The molecule has 5 atom stereocenters. The predicted octanol–water partition coefficient (Wildman–Crippen LogP) is 3.31. The van der Waals surface area contributed by atoms with Gasteiger partial charge >= 0.3 is 0 Å². The Kier molecular flexibility index (Phi) is 7.03. The van der Waals surface area contributed by atoms with E-state index in [4.69, 9.17) is 5.73 Å². The Morgan fingerprint density at radius 2 is 1.81 bits per heavy atom. The van der Waals surface area contributed by atoms with Crippen LogP contribution < -0.4 is 16.4 Å². The number of aromatic hydroxyl groups is 1. The van der Waals surface area contributed by atoms with Crippen molar-refractivity contribution < 1.29 is 14.7 Å². The van der Waals surface area contributed by atoms with E-state index < -0.39 is 11.3 Å². The lowest BCUT2D eigenvalue weighted by Gasteiger charge is -2.61. The third-order valence-corrected chi connectivity index (χ3v) is 10.4. The summed E-state index contributed by atoms with van der Waals surface area (Å²) in [4.78, 5) is 31.2. The standard InChI is InChI=1S/C32H38N8O3/c33-30(43)32-14-19-9-20(15-32)11-21(10-19)28(32)26(12-18-5-7-24(41)8-6-18)29(42)36-23(17-35-31-37-39-40-38-31)13-22-16-34-27-4-2-1-3-25(22)27/h1-8,16,19-21,23,26,28,34,41H,9-15,17H2,(H2,33,43)(H,36,42)(H2,35,37,38,39,40)/t19?,20?,21?,23-,26-,28?,32?/m0/s1. The number of fused-ring (bicyclic) bond motifs is 1. The van der Waals surface area contributed by atoms with Gasteiger partial charge in [-0.25, -0.2) is 0 Å². The van der Waals surface area contributed by atoms with Gasteiger partial charge in [0.2, 0.25) is 11.8 Å². The first-order valence-electron chi connectivity index (χ1n) is 15.3. The van der Waals surface area contributed by atoms with Gasteiger partial charge in [0.25, 0.3) is 5.95 Å². The van der Waals surface area contributed by atoms with Crippen molar-refractivity contribution in [3.8, 4) is 5.75 Å². The fourth-order valence-electron chi connectivity index (χ4n) is 8.93. The zero-order valence-corrected chi connectivity index (χ0v) is 24.0. The molecule has 4 aliphatic rings. The molecule has 11 heteroatoms. The minimum absolute atomic E-state index is 0.0778. The highest BCUT2D eigenvalue weighted by molar-refractivity contribution is 5.86. The van der Waals surface area contributed by atoms with Gasteiger partial charge in [0, 0.05) is 29.6 Å². The summed E-state index contributed by atoms with van der Waals surface area (Å²) < 4.78 is 0. The maximum absolute atomic E-state index is 14.6. The fourth-order valence-corrected chi connectivity index (χ4v) is 8.93. The Morgan fingerprint density at radius 1 is 1.05 bits per heavy atom. The lowest BCUT2D eigenvalue weighted by molar-refractivity contribution is -0.167. The Labute approximate surface area is 249 Å². The lowest BCUT2D eigenvalue weighted by atomic mass is 9.42. The molecular formula is C32H38N8O3. The molecule has 4 aromatic rings. The molecule has 0 aliphatic heterocycles. The number of nitrogens with two attached hydrogens (primary N) is 1. The van der Waals surface area contributed by atoms with Gasteiger partial charge in [0.15, 0.2) is 0 Å². The van der Waals surface area contributed by atoms with Gasteiger partial charge in [0.1, 0.15) is 5.75 Å². The molecule has 7 N–H and O–H groups in total. The highest BCUT2D eigenvalue weighted by Gasteiger charge is 2.62. The number of nitrogens with zero attached hydrogens (tertiary/aromatic N) is 3. The normalized spacial score (nSPS) is 27.2. The maximum Gasteiger partial charge on any atom is 0.263 e. The number of para-hydroxylation sites is 1. The quantitative estimate of drug-likeness (QED) is 0.157. The van der Waals surface area contributed by atoms with Gasteiger partial charge in [-0.3, -0.25) is 9.59 Å². The van der Waals surface area contributed by atoms with Crippen LogP contribution in [0.25, 0.3) is 10.9 Å². The molecule has 0 spiro atoms. The summed E-state index contributed by atoms with van der Waals surface area (Å²) in [6.07, 6.45) is 7.85. The SMILES string of the molecule is NC(=O)C12CC3CC(CC(C3)C1[C@H](Cc1ccc(O)cc1)C(=O)N[C@H](CNc1nn[nH]n1)Cc1c[nH]c3ccccc13)C2. The van der Waals surface area contributed by atoms with E-state index in [1.807, 2.05) is 36.5 Å². The average Bonchev–Trinajstić information content (AvgIpc) is 3.66. The van der Waals surface area contributed by atoms with E-state index in [0.717, 1.165) is 47.7 Å². The van der Waals surface area contributed by atoms with E-state index >= 15 is 0 Å². The number of primary amides is 1. The number of carbonyl (C=O) groups is 2. The number of tetrazole rings is 1. The first-order valence-corrected chi connectivity index (χ1v) is 15.3. The zero-order valence-electron chi connectivity index (χ0n) is 24.0. The van der Waals surface area contributed by atoms with Crippen molar-refractivity contribution in [3.63, 3.8) is 0 Å². The predicted molar refractivity (Wildman–Crippen MR) is 161 cm³/mol. The first-order chi connectivity index (χ1) is 20.9. The molecule has 3 unspecified atom stereocenters. The summed E-state index contributed by atoms with van der Waals surface area (Å²) in [6, 6.07) is 14.8. The van der Waals surface area contributed by atoms with E-state index in [-0.39, 0.29) is 35.4 Å². The second-order valence-electron chi connectivity index (χ2n) is 13.0. The van der Waals surface area contributed by atoms with Gasteiger partial charge < -0.3 is 26.5 Å². The molecule has 2 heterocycles. The van der Waals surface area contributed by atoms with Crippen LogP contribution >= 0.6 is 0 Å². The van der Waals surface area contributed by atoms with Gasteiger partial charge in [-0.2, -0.15) is 5.21 Å². The second kappa shape index (κ2) is 11.0. The number of hydrogen-bond acceptors (Lipinski definition) is 7. The summed E-state index contributed by atoms with van der Waals surface area (Å²) in [6.45, 7) is 0.385. The van der Waals surface area contributed by atoms with Gasteiger partial charge in [-0.05, 0) is 103 Å². The number of phenolic OH excluding ortho intramolecular Hbond substituents is 1. The van der Waals surface area contributed by atoms with Crippen LogP contribution in [-0.2, 0) is 22.4 Å². The third kappa shape index (κ3) is 5.21. The summed E-state index contributed by atoms with van der Waals surface area (Å²) >= 11 is 0. The minimum Gasteiger partial charge on any atom is -0.508 e. The molecule has 4 bridgehead atoms. The maximum atomic E-state index is 14.6. The number of anilines is 1. The lowest BCUT2D eigenvalue weighted by Crippen LogP contribution is -2.62. The van der Waals surface area contributed by atoms with Gasteiger partial charge in [0.05, 0.1) is 11.5 Å². The van der Waals surface area contributed by atoms with Gasteiger partial charge in [-0.15, -0.1) is 5.10 Å². The van der Waals surface area contributed by atoms with Crippen molar-refractivity contribution in [2.45, 2.75) is 51.0 Å². The number of amides is 2. The van der Waals surface area contributed by atoms with Gasteiger partial charge in [-0.1, -0.05) is 35.4 Å². The molecule has 2 aromatic carbocycles. The number of nitrogens with one attached hydrogen (secondary N) is 4. The monoisotopic (exact) mass is 582 g/mol. The number of aromatic amines is 2. The molecular weight excluding hydrogens is 544 g/mol. The third-order valence-electron chi connectivity index (χ3n) is 10.4. The molecule has 8 rings (SSSR count). The number of phenols is 1. The minimum atomic E-state index is -0.664. The van der Waals surface area contributed by atoms with Crippen LogP contribution in [0.1, 0.15) is 43.2 Å². The number of hydrogen-bond donors (Lipinski definition) is 6. The number of H-pyrrole nitrogens is 2. The topological polar surface area (TPSA) is 175 Å². The van der Waals surface area contributed by atoms with Crippen LogP contribution in [0.3, 0.4) is 0 Å². The molecule has 0 saturated heterocycles. The molecule has 4 saturated carbocycles. The van der Waals surface area contributed by atoms with E-state index in [9.17, 15) is 14.7 Å². The summed E-state index contributed by atoms with van der Waals surface area (Å²) in [5, 5.41) is 31.7. The number of carbonyl (C=O) groups excluding carboxylic acids is 2.